The van der Waals surface area contributed by atoms with Crippen LogP contribution in [0, 0.1) is 11.8 Å². The number of rotatable bonds is 4. The van der Waals surface area contributed by atoms with Crippen molar-refractivity contribution < 1.29 is 19.1 Å². The van der Waals surface area contributed by atoms with E-state index in [0.717, 1.165) is 6.42 Å². The number of carboxylic acid groups (broad SMARTS) is 1. The third-order valence-electron chi connectivity index (χ3n) is 6.15. The van der Waals surface area contributed by atoms with Crippen LogP contribution in [0.5, 0.6) is 0 Å². The number of benzene rings is 1. The normalized spacial score (nSPS) is 24.3. The zero-order valence-electron chi connectivity index (χ0n) is 16.3. The van der Waals surface area contributed by atoms with Gasteiger partial charge in [0.25, 0.3) is 5.91 Å². The van der Waals surface area contributed by atoms with Crippen LogP contribution in [0.3, 0.4) is 0 Å². The number of para-hydroxylation sites is 1. The molecule has 3 unspecified atom stereocenters. The molecular weight excluding hydrogens is 356 g/mol. The van der Waals surface area contributed by atoms with E-state index in [0.29, 0.717) is 43.4 Å². The molecule has 0 bridgehead atoms. The lowest BCUT2D eigenvalue weighted by molar-refractivity contribution is -0.145. The molecule has 3 atom stereocenters. The number of nitrogens with zero attached hydrogens (tertiary/aromatic N) is 2. The van der Waals surface area contributed by atoms with Gasteiger partial charge in [-0.2, -0.15) is 0 Å². The van der Waals surface area contributed by atoms with Gasteiger partial charge in [0.2, 0.25) is 0 Å². The molecular formula is C22H26N2O4. The molecule has 3 heterocycles. The molecule has 2 aromatic rings. The number of likely N-dealkylation sites (tertiary alicyclic amines) is 1. The molecule has 1 amide bonds. The Bertz CT molecular complexity index is 890. The lowest BCUT2D eigenvalue weighted by Gasteiger charge is -2.35. The van der Waals surface area contributed by atoms with Gasteiger partial charge >= 0.3 is 5.97 Å². The molecule has 2 aliphatic rings. The van der Waals surface area contributed by atoms with Gasteiger partial charge in [-0.3, -0.25) is 9.59 Å². The van der Waals surface area contributed by atoms with E-state index >= 15 is 0 Å². The maximum atomic E-state index is 13.1. The van der Waals surface area contributed by atoms with Crippen molar-refractivity contribution in [2.24, 2.45) is 11.8 Å². The zero-order valence-corrected chi connectivity index (χ0v) is 16.3. The number of fused-ring (bicyclic) bond motifs is 1. The number of furan rings is 1. The summed E-state index contributed by atoms with van der Waals surface area (Å²) in [7, 11) is 0. The lowest BCUT2D eigenvalue weighted by Crippen LogP contribution is -2.45. The fourth-order valence-electron chi connectivity index (χ4n) is 4.55. The number of aliphatic carboxylic acids is 1. The molecule has 0 aliphatic carbocycles. The molecule has 2 aliphatic heterocycles. The minimum Gasteiger partial charge on any atom is -0.481 e. The molecule has 1 aromatic carbocycles. The van der Waals surface area contributed by atoms with Crippen LogP contribution in [0.15, 0.2) is 41.0 Å². The Balaban J connectivity index is 1.51. The Morgan fingerprint density at radius 1 is 1.21 bits per heavy atom. The maximum Gasteiger partial charge on any atom is 0.306 e. The Kier molecular flexibility index (Phi) is 4.87. The number of anilines is 1. The van der Waals surface area contributed by atoms with Crippen LogP contribution in [0.2, 0.25) is 0 Å². The summed E-state index contributed by atoms with van der Waals surface area (Å²) in [6, 6.07) is 10.4. The third kappa shape index (κ3) is 3.28. The maximum absolute atomic E-state index is 13.1. The molecule has 1 N–H and O–H groups in total. The molecule has 1 fully saturated rings. The number of piperidine rings is 1. The van der Waals surface area contributed by atoms with Crippen molar-refractivity contribution in [2.45, 2.75) is 39.3 Å². The van der Waals surface area contributed by atoms with Crippen LogP contribution < -0.4 is 4.90 Å². The highest BCUT2D eigenvalue weighted by atomic mass is 16.4. The summed E-state index contributed by atoms with van der Waals surface area (Å²) in [5.74, 6) is -0.614. The molecule has 28 heavy (non-hydrogen) atoms. The smallest absolute Gasteiger partial charge is 0.306 e. The highest BCUT2D eigenvalue weighted by molar-refractivity contribution is 5.95. The predicted molar refractivity (Wildman–Crippen MR) is 105 cm³/mol. The molecule has 1 aromatic heterocycles. The summed E-state index contributed by atoms with van der Waals surface area (Å²) in [5, 5.41) is 9.30. The van der Waals surface area contributed by atoms with Gasteiger partial charge in [-0.15, -0.1) is 0 Å². The van der Waals surface area contributed by atoms with Crippen LogP contribution in [-0.4, -0.2) is 41.0 Å². The van der Waals surface area contributed by atoms with Gasteiger partial charge in [-0.05, 0) is 43.4 Å². The Morgan fingerprint density at radius 2 is 2.00 bits per heavy atom. The number of carboxylic acids is 1. The Hall–Kier alpha value is -2.76. The standard InChI is InChI=1S/C22H26N2O4/c1-14-12-23(9-7-17(14)22(26)27)21(25)18-8-10-28-20(18)13-24-15(2)11-16-5-3-4-6-19(16)24/h3-6,8,10,14-15,17H,7,9,11-13H2,1-2H3,(H,26,27). The fraction of sp³-hybridized carbons (Fsp3) is 0.455. The van der Waals surface area contributed by atoms with Gasteiger partial charge in [-0.25, -0.2) is 0 Å². The van der Waals surface area contributed by atoms with E-state index in [2.05, 4.69) is 30.0 Å². The first-order valence-electron chi connectivity index (χ1n) is 9.88. The summed E-state index contributed by atoms with van der Waals surface area (Å²) in [5.41, 5.74) is 3.09. The molecule has 6 nitrogen and oxygen atoms in total. The largest absolute Gasteiger partial charge is 0.481 e. The van der Waals surface area contributed by atoms with Crippen molar-refractivity contribution in [2.75, 3.05) is 18.0 Å². The quantitative estimate of drug-likeness (QED) is 0.877. The van der Waals surface area contributed by atoms with E-state index in [1.54, 1.807) is 17.2 Å². The second-order valence-electron chi connectivity index (χ2n) is 8.03. The number of carbonyl (C=O) groups excluding carboxylic acids is 1. The van der Waals surface area contributed by atoms with Gasteiger partial charge in [0.15, 0.2) is 0 Å². The van der Waals surface area contributed by atoms with E-state index in [1.807, 2.05) is 13.0 Å². The number of hydrogen-bond donors (Lipinski definition) is 1. The van der Waals surface area contributed by atoms with E-state index in [4.69, 9.17) is 4.42 Å². The minimum absolute atomic E-state index is 0.0592. The first-order chi connectivity index (χ1) is 13.5. The average Bonchev–Trinajstić information content (AvgIpc) is 3.25. The molecule has 148 valence electrons. The van der Waals surface area contributed by atoms with Gasteiger partial charge in [0, 0.05) is 24.8 Å². The molecule has 1 saturated heterocycles. The third-order valence-corrected chi connectivity index (χ3v) is 6.15. The summed E-state index contributed by atoms with van der Waals surface area (Å²) in [6.07, 6.45) is 3.05. The second-order valence-corrected chi connectivity index (χ2v) is 8.03. The summed E-state index contributed by atoms with van der Waals surface area (Å²) < 4.78 is 5.70. The van der Waals surface area contributed by atoms with Gasteiger partial charge in [0.1, 0.15) is 5.76 Å². The SMILES string of the molecule is CC1CN(C(=O)c2ccoc2CN2c3ccccc3CC2C)CCC1C(=O)O. The number of hydrogen-bond acceptors (Lipinski definition) is 4. The van der Waals surface area contributed by atoms with Gasteiger partial charge < -0.3 is 19.3 Å². The van der Waals surface area contributed by atoms with Crippen molar-refractivity contribution in [3.8, 4) is 0 Å². The zero-order chi connectivity index (χ0) is 19.8. The Labute approximate surface area is 164 Å². The minimum atomic E-state index is -0.773. The number of carbonyl (C=O) groups is 2. The molecule has 0 spiro atoms. The first-order valence-corrected chi connectivity index (χ1v) is 9.88. The van der Waals surface area contributed by atoms with Crippen molar-refractivity contribution in [1.82, 2.24) is 4.90 Å². The highest BCUT2D eigenvalue weighted by Crippen LogP contribution is 2.34. The van der Waals surface area contributed by atoms with Crippen LogP contribution in [0.1, 0.15) is 41.9 Å². The molecule has 0 saturated carbocycles. The van der Waals surface area contributed by atoms with Crippen molar-refractivity contribution >= 4 is 17.6 Å². The van der Waals surface area contributed by atoms with E-state index < -0.39 is 5.97 Å². The number of amides is 1. The summed E-state index contributed by atoms with van der Waals surface area (Å²) in [4.78, 5) is 28.5. The van der Waals surface area contributed by atoms with Crippen molar-refractivity contribution in [3.05, 3.63) is 53.5 Å². The highest BCUT2D eigenvalue weighted by Gasteiger charge is 2.35. The molecule has 0 radical (unpaired) electrons. The predicted octanol–water partition coefficient (Wildman–Crippen LogP) is 3.41. The van der Waals surface area contributed by atoms with Crippen LogP contribution in [-0.2, 0) is 17.8 Å². The topological polar surface area (TPSA) is 74.0 Å². The van der Waals surface area contributed by atoms with Crippen LogP contribution in [0.25, 0.3) is 0 Å². The van der Waals surface area contributed by atoms with Gasteiger partial charge in [-0.1, -0.05) is 25.1 Å². The van der Waals surface area contributed by atoms with E-state index in [1.165, 1.54) is 11.3 Å². The second kappa shape index (κ2) is 7.34. The Morgan fingerprint density at radius 3 is 2.75 bits per heavy atom. The van der Waals surface area contributed by atoms with E-state index in [-0.39, 0.29) is 17.7 Å². The van der Waals surface area contributed by atoms with Crippen molar-refractivity contribution in [3.63, 3.8) is 0 Å². The summed E-state index contributed by atoms with van der Waals surface area (Å²) >= 11 is 0. The summed E-state index contributed by atoms with van der Waals surface area (Å²) in [6.45, 7) is 5.56. The van der Waals surface area contributed by atoms with Crippen LogP contribution >= 0.6 is 0 Å². The van der Waals surface area contributed by atoms with Gasteiger partial charge in [0.05, 0.1) is 24.3 Å². The first kappa shape index (κ1) is 18.6. The monoisotopic (exact) mass is 382 g/mol. The van der Waals surface area contributed by atoms with Crippen LogP contribution in [0.4, 0.5) is 5.69 Å². The van der Waals surface area contributed by atoms with E-state index in [9.17, 15) is 14.7 Å². The lowest BCUT2D eigenvalue weighted by atomic mass is 9.87. The average molecular weight is 382 g/mol. The molecule has 6 heteroatoms. The molecule has 4 rings (SSSR count). The van der Waals surface area contributed by atoms with Crippen molar-refractivity contribution in [1.29, 1.82) is 0 Å². The fourth-order valence-corrected chi connectivity index (χ4v) is 4.55.